The van der Waals surface area contributed by atoms with Crippen molar-refractivity contribution >= 4 is 21.7 Å². The summed E-state index contributed by atoms with van der Waals surface area (Å²) in [6.45, 7) is 4.13. The van der Waals surface area contributed by atoms with Gasteiger partial charge in [-0.3, -0.25) is 4.31 Å². The first-order chi connectivity index (χ1) is 11.4. The molecule has 2 aromatic carbocycles. The summed E-state index contributed by atoms with van der Waals surface area (Å²) in [6, 6.07) is 13.1. The summed E-state index contributed by atoms with van der Waals surface area (Å²) < 4.78 is 31.8. The van der Waals surface area contributed by atoms with Gasteiger partial charge in [-0.2, -0.15) is 0 Å². The van der Waals surface area contributed by atoms with Gasteiger partial charge in [0.05, 0.1) is 22.8 Å². The molecule has 0 aliphatic rings. The Hall–Kier alpha value is -2.34. The van der Waals surface area contributed by atoms with Crippen LogP contribution >= 0.6 is 0 Å². The maximum atomic E-state index is 12.8. The number of sulfonamides is 1. The van der Waals surface area contributed by atoms with Crippen LogP contribution in [0.15, 0.2) is 53.4 Å². The van der Waals surface area contributed by atoms with Crippen LogP contribution in [-0.2, 0) is 14.8 Å². The first kappa shape index (κ1) is 18.0. The molecule has 6 heteroatoms. The molecule has 0 aliphatic carbocycles. The molecule has 2 aromatic rings. The Kier molecular flexibility index (Phi) is 5.62. The number of anilines is 1. The quantitative estimate of drug-likeness (QED) is 0.752. The van der Waals surface area contributed by atoms with Gasteiger partial charge in [0.15, 0.2) is 0 Å². The summed E-state index contributed by atoms with van der Waals surface area (Å²) in [5, 5.41) is 0. The minimum Gasteiger partial charge on any atom is -0.462 e. The van der Waals surface area contributed by atoms with E-state index in [4.69, 9.17) is 4.74 Å². The first-order valence-corrected chi connectivity index (χ1v) is 9.13. The van der Waals surface area contributed by atoms with Gasteiger partial charge in [-0.05, 0) is 43.7 Å². The van der Waals surface area contributed by atoms with Crippen LogP contribution in [0.2, 0.25) is 0 Å². The fourth-order valence-electron chi connectivity index (χ4n) is 2.11. The zero-order valence-corrected chi connectivity index (χ0v) is 14.8. The number of rotatable bonds is 6. The third kappa shape index (κ3) is 3.94. The Labute approximate surface area is 142 Å². The summed E-state index contributed by atoms with van der Waals surface area (Å²) in [5.74, 6) is -0.521. The van der Waals surface area contributed by atoms with E-state index in [0.717, 1.165) is 5.56 Å². The van der Waals surface area contributed by atoms with Gasteiger partial charge in [0, 0.05) is 7.05 Å². The standard InChI is InChI=1S/C18H21NO4S/c1-4-12-23-18(20)15-6-5-7-17(13-15)24(21,22)19(3)16-10-8-14(2)9-11-16/h5-11,13H,4,12H2,1-3H3. The molecule has 0 N–H and O–H groups in total. The molecule has 0 atom stereocenters. The topological polar surface area (TPSA) is 63.7 Å². The molecule has 0 radical (unpaired) electrons. The Bertz CT molecular complexity index is 813. The lowest BCUT2D eigenvalue weighted by molar-refractivity contribution is 0.0505. The van der Waals surface area contributed by atoms with Crippen molar-refractivity contribution in [2.45, 2.75) is 25.2 Å². The highest BCUT2D eigenvalue weighted by atomic mass is 32.2. The van der Waals surface area contributed by atoms with Crippen molar-refractivity contribution in [1.29, 1.82) is 0 Å². The largest absolute Gasteiger partial charge is 0.462 e. The second kappa shape index (κ2) is 7.49. The highest BCUT2D eigenvalue weighted by Gasteiger charge is 2.22. The second-order valence-corrected chi connectivity index (χ2v) is 7.44. The molecule has 5 nitrogen and oxygen atoms in total. The molecule has 0 aromatic heterocycles. The summed E-state index contributed by atoms with van der Waals surface area (Å²) in [6.07, 6.45) is 0.708. The molecule has 0 aliphatic heterocycles. The molecule has 0 spiro atoms. The van der Waals surface area contributed by atoms with E-state index in [-0.39, 0.29) is 10.5 Å². The number of ether oxygens (including phenoxy) is 1. The van der Waals surface area contributed by atoms with Crippen molar-refractivity contribution in [1.82, 2.24) is 0 Å². The normalized spacial score (nSPS) is 11.1. The van der Waals surface area contributed by atoms with Crippen molar-refractivity contribution in [3.8, 4) is 0 Å². The summed E-state index contributed by atoms with van der Waals surface area (Å²) in [5.41, 5.74) is 1.83. The van der Waals surface area contributed by atoms with Crippen molar-refractivity contribution < 1.29 is 17.9 Å². The van der Waals surface area contributed by atoms with E-state index in [2.05, 4.69) is 0 Å². The molecular weight excluding hydrogens is 326 g/mol. The van der Waals surface area contributed by atoms with Crippen LogP contribution in [0.5, 0.6) is 0 Å². The monoisotopic (exact) mass is 347 g/mol. The van der Waals surface area contributed by atoms with Crippen LogP contribution in [0.25, 0.3) is 0 Å². The predicted molar refractivity (Wildman–Crippen MR) is 93.8 cm³/mol. The molecule has 0 amide bonds. The van der Waals surface area contributed by atoms with Gasteiger partial charge < -0.3 is 4.74 Å². The van der Waals surface area contributed by atoms with Gasteiger partial charge in [0.2, 0.25) is 0 Å². The number of carbonyl (C=O) groups excluding carboxylic acids is 1. The molecule has 0 saturated heterocycles. The minimum absolute atomic E-state index is 0.0523. The lowest BCUT2D eigenvalue weighted by Gasteiger charge is -2.20. The Morgan fingerprint density at radius 2 is 1.79 bits per heavy atom. The third-order valence-corrected chi connectivity index (χ3v) is 5.34. The lowest BCUT2D eigenvalue weighted by Crippen LogP contribution is -2.26. The SMILES string of the molecule is CCCOC(=O)c1cccc(S(=O)(=O)N(C)c2ccc(C)cc2)c1. The van der Waals surface area contributed by atoms with Gasteiger partial charge in [0.25, 0.3) is 10.0 Å². The Morgan fingerprint density at radius 1 is 1.12 bits per heavy atom. The van der Waals surface area contributed by atoms with E-state index < -0.39 is 16.0 Å². The molecule has 24 heavy (non-hydrogen) atoms. The molecule has 128 valence electrons. The van der Waals surface area contributed by atoms with Gasteiger partial charge >= 0.3 is 5.97 Å². The van der Waals surface area contributed by atoms with Crippen LogP contribution in [-0.4, -0.2) is 28.0 Å². The van der Waals surface area contributed by atoms with Crippen LogP contribution < -0.4 is 4.31 Å². The van der Waals surface area contributed by atoms with Crippen molar-refractivity contribution in [3.63, 3.8) is 0 Å². The second-order valence-electron chi connectivity index (χ2n) is 5.47. The molecular formula is C18H21NO4S. The van der Waals surface area contributed by atoms with E-state index in [9.17, 15) is 13.2 Å². The predicted octanol–water partition coefficient (Wildman–Crippen LogP) is 3.39. The van der Waals surface area contributed by atoms with E-state index in [1.54, 1.807) is 24.3 Å². The number of carbonyl (C=O) groups is 1. The van der Waals surface area contributed by atoms with Crippen molar-refractivity contribution in [3.05, 3.63) is 59.7 Å². The summed E-state index contributed by atoms with van der Waals surface area (Å²) in [7, 11) is -2.27. The van der Waals surface area contributed by atoms with Gasteiger partial charge in [-0.1, -0.05) is 30.7 Å². The smallest absolute Gasteiger partial charge is 0.338 e. The number of esters is 1. The average molecular weight is 347 g/mol. The average Bonchev–Trinajstić information content (AvgIpc) is 2.59. The molecule has 0 unspecified atom stereocenters. The van der Waals surface area contributed by atoms with Crippen LogP contribution in [0, 0.1) is 6.92 Å². The van der Waals surface area contributed by atoms with E-state index in [1.165, 1.54) is 23.5 Å². The highest BCUT2D eigenvalue weighted by molar-refractivity contribution is 7.92. The van der Waals surface area contributed by atoms with E-state index in [1.807, 2.05) is 26.0 Å². The van der Waals surface area contributed by atoms with Crippen LogP contribution in [0.3, 0.4) is 0 Å². The van der Waals surface area contributed by atoms with Gasteiger partial charge in [-0.15, -0.1) is 0 Å². The maximum absolute atomic E-state index is 12.8. The molecule has 0 saturated carbocycles. The molecule has 0 heterocycles. The molecule has 2 rings (SSSR count). The van der Waals surface area contributed by atoms with E-state index in [0.29, 0.717) is 18.7 Å². The molecule has 0 bridgehead atoms. The third-order valence-electron chi connectivity index (χ3n) is 3.56. The van der Waals surface area contributed by atoms with E-state index >= 15 is 0 Å². The fraction of sp³-hybridized carbons (Fsp3) is 0.278. The number of benzene rings is 2. The zero-order valence-electron chi connectivity index (χ0n) is 14.0. The summed E-state index contributed by atoms with van der Waals surface area (Å²) >= 11 is 0. The van der Waals surface area contributed by atoms with Crippen LogP contribution in [0.1, 0.15) is 29.3 Å². The van der Waals surface area contributed by atoms with Crippen molar-refractivity contribution in [2.24, 2.45) is 0 Å². The first-order valence-electron chi connectivity index (χ1n) is 7.69. The Balaban J connectivity index is 2.32. The highest BCUT2D eigenvalue weighted by Crippen LogP contribution is 2.23. The Morgan fingerprint density at radius 3 is 2.42 bits per heavy atom. The van der Waals surface area contributed by atoms with Crippen molar-refractivity contribution in [2.75, 3.05) is 18.0 Å². The fourth-order valence-corrected chi connectivity index (χ4v) is 3.36. The lowest BCUT2D eigenvalue weighted by atomic mass is 10.2. The maximum Gasteiger partial charge on any atom is 0.338 e. The molecule has 0 fully saturated rings. The van der Waals surface area contributed by atoms with Gasteiger partial charge in [-0.25, -0.2) is 13.2 Å². The summed E-state index contributed by atoms with van der Waals surface area (Å²) in [4.78, 5) is 12.0. The van der Waals surface area contributed by atoms with Crippen LogP contribution in [0.4, 0.5) is 5.69 Å². The number of aryl methyl sites for hydroxylation is 1. The number of hydrogen-bond donors (Lipinski definition) is 0. The zero-order chi connectivity index (χ0) is 17.7. The number of hydrogen-bond acceptors (Lipinski definition) is 4. The number of nitrogens with zero attached hydrogens (tertiary/aromatic N) is 1. The van der Waals surface area contributed by atoms with Gasteiger partial charge in [0.1, 0.15) is 0 Å². The minimum atomic E-state index is -3.76.